The fourth-order valence-corrected chi connectivity index (χ4v) is 9.60. The normalized spacial score (nSPS) is 13.1. The van der Waals surface area contributed by atoms with Crippen LogP contribution in [-0.4, -0.2) is 19.6 Å². The molecule has 9 aromatic rings. The second-order valence-corrected chi connectivity index (χ2v) is 18.7. The molecule has 0 spiro atoms. The van der Waals surface area contributed by atoms with Gasteiger partial charge in [-0.25, -0.2) is 4.98 Å². The molecule has 63 heavy (non-hydrogen) atoms. The zero-order valence-electron chi connectivity index (χ0n) is 36.8. The Balaban J connectivity index is 0.00000504. The van der Waals surface area contributed by atoms with Gasteiger partial charge in [-0.05, 0) is 80.8 Å². The Bertz CT molecular complexity index is 3170. The van der Waals surface area contributed by atoms with Crippen molar-refractivity contribution in [3.8, 4) is 67.5 Å². The van der Waals surface area contributed by atoms with Crippen molar-refractivity contribution in [2.75, 3.05) is 0 Å². The number of nitrogens with zero attached hydrogens (tertiary/aromatic N) is 3. The first-order valence-corrected chi connectivity index (χ1v) is 21.6. The van der Waals surface area contributed by atoms with Crippen LogP contribution in [0.25, 0.3) is 72.7 Å². The number of aromatic hydroxyl groups is 1. The summed E-state index contributed by atoms with van der Waals surface area (Å²) in [5.41, 5.74) is 17.3. The average Bonchev–Trinajstić information content (AvgIpc) is 3.79. The van der Waals surface area contributed by atoms with Crippen LogP contribution in [0, 0.1) is 6.07 Å². The fourth-order valence-electron chi connectivity index (χ4n) is 9.60. The first-order valence-electron chi connectivity index (χ1n) is 21.6. The Labute approximate surface area is 385 Å². The topological polar surface area (TPSA) is 50.9 Å². The minimum atomic E-state index is -0.357. The number of imidazole rings is 1. The molecule has 1 aliphatic carbocycles. The number of benzene rings is 7. The third-order valence-electron chi connectivity index (χ3n) is 13.1. The molecule has 7 aromatic carbocycles. The summed E-state index contributed by atoms with van der Waals surface area (Å²) >= 11 is 0. The molecule has 0 fully saturated rings. The number of phenolic OH excluding ortho intramolecular Hbond substituents is 1. The van der Waals surface area contributed by atoms with E-state index < -0.39 is 0 Å². The quantitative estimate of drug-likeness (QED) is 0.162. The second kappa shape index (κ2) is 15.8. The minimum Gasteiger partial charge on any atom is -0.507 e. The van der Waals surface area contributed by atoms with E-state index in [1.54, 1.807) is 6.07 Å². The van der Waals surface area contributed by atoms with Crippen LogP contribution >= 0.6 is 0 Å². The summed E-state index contributed by atoms with van der Waals surface area (Å²) in [7, 11) is 0. The molecule has 1 N–H and O–H groups in total. The summed E-state index contributed by atoms with van der Waals surface area (Å²) in [4.78, 5) is 10.7. The number of fused-ring (bicyclic) bond motifs is 4. The molecule has 0 saturated heterocycles. The number of hydrogen-bond donors (Lipinski definition) is 1. The van der Waals surface area contributed by atoms with Gasteiger partial charge in [0.2, 0.25) is 0 Å². The second-order valence-electron chi connectivity index (χ2n) is 18.7. The van der Waals surface area contributed by atoms with E-state index in [1.807, 2.05) is 24.4 Å². The molecule has 4 nitrogen and oxygen atoms in total. The van der Waals surface area contributed by atoms with E-state index in [4.69, 9.17) is 9.97 Å². The van der Waals surface area contributed by atoms with Crippen LogP contribution in [0.4, 0.5) is 0 Å². The van der Waals surface area contributed by atoms with Crippen molar-refractivity contribution in [3.63, 3.8) is 0 Å². The fraction of sp³-hybridized carbons (Fsp3) is 0.172. The molecule has 10 rings (SSSR count). The number of pyridine rings is 1. The van der Waals surface area contributed by atoms with E-state index >= 15 is 0 Å². The van der Waals surface area contributed by atoms with E-state index in [9.17, 15) is 5.11 Å². The third kappa shape index (κ3) is 7.06. The smallest absolute Gasteiger partial charge is 0.148 e. The van der Waals surface area contributed by atoms with Gasteiger partial charge in [-0.1, -0.05) is 175 Å². The summed E-state index contributed by atoms with van der Waals surface area (Å²) < 4.78 is 2.23. The number of rotatable bonds is 7. The zero-order valence-corrected chi connectivity index (χ0v) is 39.0. The van der Waals surface area contributed by atoms with Crippen molar-refractivity contribution in [1.29, 1.82) is 0 Å². The van der Waals surface area contributed by atoms with Gasteiger partial charge < -0.3 is 5.11 Å². The average molecular weight is 1000 g/mol. The van der Waals surface area contributed by atoms with Crippen molar-refractivity contribution in [3.05, 3.63) is 204 Å². The van der Waals surface area contributed by atoms with E-state index in [2.05, 4.69) is 199 Å². The maximum absolute atomic E-state index is 11.5. The number of hydrogen-bond acceptors (Lipinski definition) is 3. The van der Waals surface area contributed by atoms with Crippen LogP contribution in [-0.2, 0) is 37.3 Å². The van der Waals surface area contributed by atoms with E-state index in [0.29, 0.717) is 11.4 Å². The monoisotopic (exact) mass is 999 g/mol. The van der Waals surface area contributed by atoms with Gasteiger partial charge >= 0.3 is 0 Å². The molecule has 314 valence electrons. The van der Waals surface area contributed by atoms with Gasteiger partial charge in [0.05, 0.1) is 22.3 Å². The summed E-state index contributed by atoms with van der Waals surface area (Å²) in [5.74, 6) is 0.834. The van der Waals surface area contributed by atoms with Crippen LogP contribution in [0.3, 0.4) is 0 Å². The predicted molar refractivity (Wildman–Crippen MR) is 256 cm³/mol. The molecule has 0 aliphatic heterocycles. The van der Waals surface area contributed by atoms with Crippen molar-refractivity contribution in [1.82, 2.24) is 14.5 Å². The first-order chi connectivity index (χ1) is 29.8. The molecule has 5 heteroatoms. The maximum atomic E-state index is 11.5. The molecule has 0 unspecified atom stereocenters. The Morgan fingerprint density at radius 1 is 0.571 bits per heavy atom. The number of phenols is 1. The Morgan fingerprint density at radius 2 is 1.22 bits per heavy atom. The van der Waals surface area contributed by atoms with Crippen molar-refractivity contribution < 1.29 is 26.2 Å². The number of aromatic nitrogens is 3. The van der Waals surface area contributed by atoms with Crippen molar-refractivity contribution >= 4 is 11.0 Å². The Hall–Kier alpha value is -6.35. The Kier molecular flexibility index (Phi) is 10.5. The van der Waals surface area contributed by atoms with Gasteiger partial charge in [0, 0.05) is 49.3 Å². The third-order valence-corrected chi connectivity index (χ3v) is 13.1. The largest absolute Gasteiger partial charge is 0.507 e. The van der Waals surface area contributed by atoms with E-state index in [-0.39, 0.29) is 43.1 Å². The first kappa shape index (κ1) is 42.0. The molecule has 0 saturated carbocycles. The van der Waals surface area contributed by atoms with Crippen LogP contribution < -0.4 is 0 Å². The standard InChI is InChI=1S/C58H50N3O.Pt/c1-56(2,3)41-29-30-49(47(36-41)37-19-10-8-11-20-37)61-50-27-18-25-43(54(50)60-55(61)46-24-15-17-28-51(46)62)38-33-39(35-42(34-38)57(4,5)40-21-12-9-13-22-40)53-52-45(31-32-59-53)44-23-14-16-26-48(44)58(52,6)7;/h8-32,34-36,62H,1-7H3;/q-1;. The molecule has 2 heterocycles. The molecule has 2 aromatic heterocycles. The summed E-state index contributed by atoms with van der Waals surface area (Å²) in [6.45, 7) is 16.0. The zero-order chi connectivity index (χ0) is 43.0. The van der Waals surface area contributed by atoms with Gasteiger partial charge in [-0.15, -0.1) is 29.3 Å². The summed E-state index contributed by atoms with van der Waals surface area (Å²) in [6, 6.07) is 61.4. The van der Waals surface area contributed by atoms with Gasteiger partial charge in [-0.3, -0.25) is 9.55 Å². The molecular weight excluding hydrogens is 950 g/mol. The maximum Gasteiger partial charge on any atom is 0.148 e. The van der Waals surface area contributed by atoms with Crippen molar-refractivity contribution in [2.24, 2.45) is 0 Å². The predicted octanol–water partition coefficient (Wildman–Crippen LogP) is 14.5. The summed E-state index contributed by atoms with van der Waals surface area (Å²) in [6.07, 6.45) is 1.95. The van der Waals surface area contributed by atoms with Crippen LogP contribution in [0.15, 0.2) is 170 Å². The van der Waals surface area contributed by atoms with Gasteiger partial charge in [0.25, 0.3) is 0 Å². The van der Waals surface area contributed by atoms with E-state index in [0.717, 1.165) is 55.8 Å². The van der Waals surface area contributed by atoms with Gasteiger partial charge in [0.15, 0.2) is 0 Å². The SMILES string of the molecule is CC(C)(C)c1ccc(-n2c(-c3ccccc3O)nc3c(-c4[c-]c(-c5nccc6c5C(C)(C)c5ccccc5-6)cc(C(C)(C)c5ccccc5)c4)cccc32)c(-c2ccccc2)c1.[Pt]. The minimum absolute atomic E-state index is 0. The molecule has 0 bridgehead atoms. The molecule has 1 aliphatic rings. The molecule has 0 atom stereocenters. The summed E-state index contributed by atoms with van der Waals surface area (Å²) in [5, 5.41) is 11.5. The van der Waals surface area contributed by atoms with Crippen LogP contribution in [0.5, 0.6) is 5.75 Å². The van der Waals surface area contributed by atoms with Crippen LogP contribution in [0.2, 0.25) is 0 Å². The van der Waals surface area contributed by atoms with Crippen LogP contribution in [0.1, 0.15) is 76.3 Å². The van der Waals surface area contributed by atoms with E-state index in [1.165, 1.54) is 33.4 Å². The molecule has 0 radical (unpaired) electrons. The molecule has 0 amide bonds. The Morgan fingerprint density at radius 3 is 1.95 bits per heavy atom. The molecular formula is C58H50N3OPt-. The van der Waals surface area contributed by atoms with Gasteiger partial charge in [-0.2, -0.15) is 0 Å². The van der Waals surface area contributed by atoms with Gasteiger partial charge in [0.1, 0.15) is 11.6 Å². The van der Waals surface area contributed by atoms with Crippen molar-refractivity contribution in [2.45, 2.75) is 64.7 Å². The number of para-hydroxylation sites is 2.